The zero-order valence-corrected chi connectivity index (χ0v) is 12.4. The highest BCUT2D eigenvalue weighted by atomic mass is 16.5. The first-order chi connectivity index (χ1) is 11.2. The zero-order chi connectivity index (χ0) is 16.2. The normalized spacial score (nSPS) is 10.5. The molecule has 0 aliphatic heterocycles. The number of benzene rings is 1. The summed E-state index contributed by atoms with van der Waals surface area (Å²) in [6.45, 7) is 2.38. The number of rotatable bonds is 4. The maximum atomic E-state index is 12.2. The van der Waals surface area contributed by atoms with Crippen LogP contribution in [0.15, 0.2) is 57.9 Å². The van der Waals surface area contributed by atoms with Gasteiger partial charge in [0.2, 0.25) is 0 Å². The molecule has 0 bridgehead atoms. The monoisotopic (exact) mass is 310 g/mol. The number of carbonyl (C=O) groups is 1. The molecule has 0 atom stereocenters. The molecule has 0 aliphatic carbocycles. The minimum atomic E-state index is -0.709. The first-order valence-corrected chi connectivity index (χ1v) is 7.10. The number of fused-ring (bicyclic) bond motifs is 1. The van der Waals surface area contributed by atoms with Gasteiger partial charge in [-0.05, 0) is 37.3 Å². The van der Waals surface area contributed by atoms with Gasteiger partial charge in [-0.1, -0.05) is 6.07 Å². The molecule has 116 valence electrons. The van der Waals surface area contributed by atoms with Crippen molar-refractivity contribution in [3.8, 4) is 5.75 Å². The second kappa shape index (κ2) is 6.31. The largest absolute Gasteiger partial charge is 0.494 e. The Morgan fingerprint density at radius 1 is 1.26 bits per heavy atom. The van der Waals surface area contributed by atoms with Gasteiger partial charge in [0.15, 0.2) is 0 Å². The van der Waals surface area contributed by atoms with Gasteiger partial charge < -0.3 is 14.5 Å². The van der Waals surface area contributed by atoms with Crippen LogP contribution in [0.3, 0.4) is 0 Å². The molecule has 0 aliphatic rings. The van der Waals surface area contributed by atoms with Gasteiger partial charge in [0.25, 0.3) is 5.91 Å². The molecular weight excluding hydrogens is 296 g/mol. The average molecular weight is 310 g/mol. The first-order valence-electron chi connectivity index (χ1n) is 7.10. The Morgan fingerprint density at radius 2 is 2.13 bits per heavy atom. The van der Waals surface area contributed by atoms with Crippen molar-refractivity contribution in [1.29, 1.82) is 0 Å². The van der Waals surface area contributed by atoms with Crippen LogP contribution in [0.4, 0.5) is 5.82 Å². The number of hydrogen-bond acceptors (Lipinski definition) is 5. The maximum Gasteiger partial charge on any atom is 0.349 e. The van der Waals surface area contributed by atoms with E-state index in [0.717, 1.165) is 0 Å². The lowest BCUT2D eigenvalue weighted by atomic mass is 10.1. The van der Waals surface area contributed by atoms with Crippen LogP contribution in [0.1, 0.15) is 17.3 Å². The third-order valence-electron chi connectivity index (χ3n) is 3.17. The molecule has 0 saturated carbocycles. The van der Waals surface area contributed by atoms with Gasteiger partial charge in [-0.3, -0.25) is 4.79 Å². The quantitative estimate of drug-likeness (QED) is 0.749. The highest BCUT2D eigenvalue weighted by Gasteiger charge is 2.14. The average Bonchev–Trinajstić information content (AvgIpc) is 2.55. The van der Waals surface area contributed by atoms with Gasteiger partial charge >= 0.3 is 5.63 Å². The molecule has 0 unspecified atom stereocenters. The van der Waals surface area contributed by atoms with E-state index in [2.05, 4.69) is 10.3 Å². The van der Waals surface area contributed by atoms with E-state index in [9.17, 15) is 9.59 Å². The fourth-order valence-corrected chi connectivity index (χ4v) is 2.13. The Hall–Kier alpha value is -3.15. The molecule has 1 aromatic carbocycles. The number of amides is 1. The molecule has 6 heteroatoms. The second-order valence-electron chi connectivity index (χ2n) is 4.75. The summed E-state index contributed by atoms with van der Waals surface area (Å²) in [6, 6.07) is 11.7. The number of nitrogens with one attached hydrogen (secondary N) is 1. The SMILES string of the molecule is CCOc1ccc2cc(C(=O)Nc3ccccn3)c(=O)oc2c1. The Morgan fingerprint density at radius 3 is 2.87 bits per heavy atom. The molecule has 6 nitrogen and oxygen atoms in total. The number of hydrogen-bond donors (Lipinski definition) is 1. The van der Waals surface area contributed by atoms with Crippen molar-refractivity contribution in [2.75, 3.05) is 11.9 Å². The lowest BCUT2D eigenvalue weighted by Gasteiger charge is -2.06. The summed E-state index contributed by atoms with van der Waals surface area (Å²) >= 11 is 0. The van der Waals surface area contributed by atoms with Crippen LogP contribution >= 0.6 is 0 Å². The molecule has 0 radical (unpaired) electrons. The molecular formula is C17H14N2O4. The fraction of sp³-hybridized carbons (Fsp3) is 0.118. The first kappa shape index (κ1) is 14.8. The van der Waals surface area contributed by atoms with Crippen molar-refractivity contribution in [3.63, 3.8) is 0 Å². The van der Waals surface area contributed by atoms with Crippen LogP contribution in [-0.4, -0.2) is 17.5 Å². The fourth-order valence-electron chi connectivity index (χ4n) is 2.13. The van der Waals surface area contributed by atoms with E-state index in [-0.39, 0.29) is 5.56 Å². The van der Waals surface area contributed by atoms with Crippen molar-refractivity contribution in [1.82, 2.24) is 4.98 Å². The lowest BCUT2D eigenvalue weighted by molar-refractivity contribution is 0.102. The van der Waals surface area contributed by atoms with Crippen LogP contribution in [0.2, 0.25) is 0 Å². The number of anilines is 1. The molecule has 3 rings (SSSR count). The van der Waals surface area contributed by atoms with Crippen LogP contribution in [-0.2, 0) is 0 Å². The topological polar surface area (TPSA) is 81.4 Å². The molecule has 0 fully saturated rings. The maximum absolute atomic E-state index is 12.2. The van der Waals surface area contributed by atoms with E-state index in [1.54, 1.807) is 42.6 Å². The lowest BCUT2D eigenvalue weighted by Crippen LogP contribution is -2.21. The van der Waals surface area contributed by atoms with Crippen molar-refractivity contribution in [3.05, 3.63) is 64.6 Å². The molecule has 2 heterocycles. The molecule has 1 amide bonds. The van der Waals surface area contributed by atoms with E-state index < -0.39 is 11.5 Å². The summed E-state index contributed by atoms with van der Waals surface area (Å²) < 4.78 is 10.6. The number of aromatic nitrogens is 1. The standard InChI is InChI=1S/C17H14N2O4/c1-2-22-12-7-6-11-9-13(17(21)23-14(11)10-12)16(20)19-15-5-3-4-8-18-15/h3-10H,2H2,1H3,(H,18,19,20). The number of nitrogens with zero attached hydrogens (tertiary/aromatic N) is 1. The predicted molar refractivity (Wildman–Crippen MR) is 85.8 cm³/mol. The highest BCUT2D eigenvalue weighted by molar-refractivity contribution is 6.04. The molecule has 0 saturated heterocycles. The molecule has 1 N–H and O–H groups in total. The summed E-state index contributed by atoms with van der Waals surface area (Å²) in [4.78, 5) is 28.2. The van der Waals surface area contributed by atoms with Gasteiger partial charge in [-0.15, -0.1) is 0 Å². The van der Waals surface area contributed by atoms with E-state index in [4.69, 9.17) is 9.15 Å². The third-order valence-corrected chi connectivity index (χ3v) is 3.17. The summed E-state index contributed by atoms with van der Waals surface area (Å²) in [5, 5.41) is 3.20. The van der Waals surface area contributed by atoms with Crippen LogP contribution in [0.25, 0.3) is 11.0 Å². The van der Waals surface area contributed by atoms with Crippen molar-refractivity contribution < 1.29 is 13.9 Å². The number of carbonyl (C=O) groups excluding carboxylic acids is 1. The molecule has 23 heavy (non-hydrogen) atoms. The molecule has 3 aromatic rings. The van der Waals surface area contributed by atoms with E-state index in [1.807, 2.05) is 6.92 Å². The number of ether oxygens (including phenoxy) is 1. The Balaban J connectivity index is 1.95. The Labute approximate surface area is 131 Å². The minimum absolute atomic E-state index is 0.0766. The third kappa shape index (κ3) is 3.21. The predicted octanol–water partition coefficient (Wildman–Crippen LogP) is 2.84. The highest BCUT2D eigenvalue weighted by Crippen LogP contribution is 2.20. The molecule has 2 aromatic heterocycles. The number of pyridine rings is 1. The van der Waals surface area contributed by atoms with Crippen molar-refractivity contribution in [2.45, 2.75) is 6.92 Å². The van der Waals surface area contributed by atoms with E-state index >= 15 is 0 Å². The Bertz CT molecular complexity index is 903. The van der Waals surface area contributed by atoms with Gasteiger partial charge in [0.05, 0.1) is 6.61 Å². The van der Waals surface area contributed by atoms with Crippen molar-refractivity contribution in [2.24, 2.45) is 0 Å². The van der Waals surface area contributed by atoms with Crippen molar-refractivity contribution >= 4 is 22.7 Å². The van der Waals surface area contributed by atoms with Gasteiger partial charge in [-0.2, -0.15) is 0 Å². The summed E-state index contributed by atoms with van der Waals surface area (Å²) in [7, 11) is 0. The Kier molecular flexibility index (Phi) is 4.05. The summed E-state index contributed by atoms with van der Waals surface area (Å²) in [6.07, 6.45) is 1.55. The molecule has 0 spiro atoms. The summed E-state index contributed by atoms with van der Waals surface area (Å²) in [5.74, 6) is 0.408. The van der Waals surface area contributed by atoms with Crippen LogP contribution < -0.4 is 15.7 Å². The van der Waals surface area contributed by atoms with Crippen LogP contribution in [0, 0.1) is 0 Å². The van der Waals surface area contributed by atoms with E-state index in [1.165, 1.54) is 6.07 Å². The summed E-state index contributed by atoms with van der Waals surface area (Å²) in [5.41, 5.74) is -0.415. The van der Waals surface area contributed by atoms with Gasteiger partial charge in [0, 0.05) is 17.6 Å². The van der Waals surface area contributed by atoms with Gasteiger partial charge in [0.1, 0.15) is 22.7 Å². The smallest absolute Gasteiger partial charge is 0.349 e. The minimum Gasteiger partial charge on any atom is -0.494 e. The second-order valence-corrected chi connectivity index (χ2v) is 4.75. The van der Waals surface area contributed by atoms with E-state index in [0.29, 0.717) is 29.1 Å². The van der Waals surface area contributed by atoms with Gasteiger partial charge in [-0.25, -0.2) is 9.78 Å². The zero-order valence-electron chi connectivity index (χ0n) is 12.4. The van der Waals surface area contributed by atoms with Crippen LogP contribution in [0.5, 0.6) is 5.75 Å².